The zero-order chi connectivity index (χ0) is 23.8. The summed E-state index contributed by atoms with van der Waals surface area (Å²) in [5.41, 5.74) is 4.80. The predicted molar refractivity (Wildman–Crippen MR) is 132 cm³/mol. The van der Waals surface area contributed by atoms with Crippen molar-refractivity contribution in [2.45, 2.75) is 32.7 Å². The third-order valence-electron chi connectivity index (χ3n) is 6.21. The van der Waals surface area contributed by atoms with E-state index in [4.69, 9.17) is 5.11 Å². The maximum absolute atomic E-state index is 13.1. The fourth-order valence-electron chi connectivity index (χ4n) is 4.03. The topological polar surface area (TPSA) is 84.9 Å². The third kappa shape index (κ3) is 7.04. The minimum atomic E-state index is -0.160. The van der Waals surface area contributed by atoms with Gasteiger partial charge < -0.3 is 25.5 Å². The lowest BCUT2D eigenvalue weighted by molar-refractivity contribution is -0.121. The summed E-state index contributed by atoms with van der Waals surface area (Å²) in [5, 5.41) is 14.6. The lowest BCUT2D eigenvalue weighted by atomic mass is 10.0. The van der Waals surface area contributed by atoms with Crippen LogP contribution in [-0.2, 0) is 11.2 Å². The summed E-state index contributed by atoms with van der Waals surface area (Å²) < 4.78 is 0. The van der Waals surface area contributed by atoms with Gasteiger partial charge in [-0.05, 0) is 56.1 Å². The van der Waals surface area contributed by atoms with Gasteiger partial charge in [-0.15, -0.1) is 0 Å². The Morgan fingerprint density at radius 1 is 1.09 bits per heavy atom. The molecule has 7 nitrogen and oxygen atoms in total. The number of anilines is 1. The molecule has 7 heteroatoms. The van der Waals surface area contributed by atoms with Crippen molar-refractivity contribution < 1.29 is 14.7 Å². The van der Waals surface area contributed by atoms with E-state index in [1.807, 2.05) is 50.2 Å². The molecule has 1 aliphatic rings. The molecule has 0 aliphatic carbocycles. The average Bonchev–Trinajstić information content (AvgIpc) is 2.82. The number of nitrogens with one attached hydrogen (secondary N) is 2. The Kier molecular flexibility index (Phi) is 8.86. The van der Waals surface area contributed by atoms with Gasteiger partial charge in [0.05, 0.1) is 12.6 Å². The predicted octanol–water partition coefficient (Wildman–Crippen LogP) is 2.28. The molecule has 3 rings (SSSR count). The zero-order valence-corrected chi connectivity index (χ0v) is 19.9. The Hall–Kier alpha value is -2.90. The van der Waals surface area contributed by atoms with E-state index in [0.717, 1.165) is 48.6 Å². The molecule has 1 fully saturated rings. The van der Waals surface area contributed by atoms with Crippen LogP contribution in [0, 0.1) is 6.92 Å². The molecule has 3 N–H and O–H groups in total. The van der Waals surface area contributed by atoms with E-state index in [9.17, 15) is 9.59 Å². The molecule has 2 aromatic rings. The lowest BCUT2D eigenvalue weighted by Gasteiger charge is -2.34. The lowest BCUT2D eigenvalue weighted by Crippen LogP contribution is -2.44. The summed E-state index contributed by atoms with van der Waals surface area (Å²) in [5.74, 6) is -0.156. The molecule has 0 spiro atoms. The molecule has 0 bridgehead atoms. The van der Waals surface area contributed by atoms with E-state index in [0.29, 0.717) is 18.4 Å². The fraction of sp³-hybridized carbons (Fsp3) is 0.462. The van der Waals surface area contributed by atoms with Crippen LogP contribution < -0.4 is 15.5 Å². The molecule has 0 radical (unpaired) electrons. The molecule has 2 amide bonds. The quantitative estimate of drug-likeness (QED) is 0.544. The Bertz CT molecular complexity index is 954. The van der Waals surface area contributed by atoms with Crippen LogP contribution in [0.15, 0.2) is 42.5 Å². The van der Waals surface area contributed by atoms with Gasteiger partial charge in [0.2, 0.25) is 5.91 Å². The number of piperazine rings is 1. The second-order valence-corrected chi connectivity index (χ2v) is 8.80. The third-order valence-corrected chi connectivity index (χ3v) is 6.21. The van der Waals surface area contributed by atoms with Crippen molar-refractivity contribution in [1.82, 2.24) is 15.5 Å². The normalized spacial score (nSPS) is 15.2. The molecule has 178 valence electrons. The SMILES string of the molecule is Cc1ccc(N2CCN(C)CC2)cc1C(=O)N[C@H](C)c1cccc(CCC(=O)NCCO)c1. The number of carbonyl (C=O) groups is 2. The highest BCUT2D eigenvalue weighted by Gasteiger charge is 2.18. The molecule has 33 heavy (non-hydrogen) atoms. The Morgan fingerprint density at radius 2 is 1.85 bits per heavy atom. The number of nitrogens with zero attached hydrogens (tertiary/aromatic N) is 2. The minimum Gasteiger partial charge on any atom is -0.395 e. The van der Waals surface area contributed by atoms with E-state index in [1.54, 1.807) is 0 Å². The van der Waals surface area contributed by atoms with Gasteiger partial charge in [-0.2, -0.15) is 0 Å². The van der Waals surface area contributed by atoms with Gasteiger partial charge in [-0.1, -0.05) is 30.3 Å². The summed E-state index contributed by atoms with van der Waals surface area (Å²) in [4.78, 5) is 29.6. The van der Waals surface area contributed by atoms with Crippen LogP contribution in [-0.4, -0.2) is 68.2 Å². The monoisotopic (exact) mass is 452 g/mol. The molecule has 0 aromatic heterocycles. The summed E-state index contributed by atoms with van der Waals surface area (Å²) >= 11 is 0. The molecule has 0 saturated carbocycles. The first-order valence-corrected chi connectivity index (χ1v) is 11.7. The van der Waals surface area contributed by atoms with Crippen LogP contribution in [0.4, 0.5) is 5.69 Å². The number of likely N-dealkylation sites (N-methyl/N-ethyl adjacent to an activating group) is 1. The first-order valence-electron chi connectivity index (χ1n) is 11.7. The summed E-state index contributed by atoms with van der Waals surface area (Å²) in [7, 11) is 2.13. The summed E-state index contributed by atoms with van der Waals surface area (Å²) in [6, 6.07) is 13.9. The number of hydrogen-bond donors (Lipinski definition) is 3. The highest BCUT2D eigenvalue weighted by atomic mass is 16.3. The smallest absolute Gasteiger partial charge is 0.252 e. The van der Waals surface area contributed by atoms with Gasteiger partial charge in [0.15, 0.2) is 0 Å². The van der Waals surface area contributed by atoms with Crippen LogP contribution in [0.5, 0.6) is 0 Å². The van der Waals surface area contributed by atoms with Crippen molar-refractivity contribution in [3.8, 4) is 0 Å². The Labute approximate surface area is 196 Å². The van der Waals surface area contributed by atoms with Gasteiger partial charge in [-0.3, -0.25) is 9.59 Å². The van der Waals surface area contributed by atoms with Crippen LogP contribution in [0.3, 0.4) is 0 Å². The van der Waals surface area contributed by atoms with Crippen molar-refractivity contribution in [3.05, 3.63) is 64.7 Å². The van der Waals surface area contributed by atoms with Crippen LogP contribution in [0.2, 0.25) is 0 Å². The highest BCUT2D eigenvalue weighted by Crippen LogP contribution is 2.22. The zero-order valence-electron chi connectivity index (χ0n) is 19.9. The van der Waals surface area contributed by atoms with Crippen molar-refractivity contribution in [2.75, 3.05) is 51.3 Å². The van der Waals surface area contributed by atoms with E-state index >= 15 is 0 Å². The molecule has 1 aliphatic heterocycles. The van der Waals surface area contributed by atoms with Crippen molar-refractivity contribution in [2.24, 2.45) is 0 Å². The second kappa shape index (κ2) is 11.8. The number of aliphatic hydroxyl groups excluding tert-OH is 1. The maximum Gasteiger partial charge on any atom is 0.252 e. The maximum atomic E-state index is 13.1. The van der Waals surface area contributed by atoms with Gasteiger partial charge in [-0.25, -0.2) is 0 Å². The average molecular weight is 453 g/mol. The van der Waals surface area contributed by atoms with Crippen LogP contribution in [0.25, 0.3) is 0 Å². The molecule has 0 unspecified atom stereocenters. The standard InChI is InChI=1S/C26H36N4O3/c1-19-7-9-23(30-14-12-29(3)13-15-30)18-24(19)26(33)28-20(2)22-6-4-5-21(17-22)8-10-25(32)27-11-16-31/h4-7,9,17-18,20,31H,8,10-16H2,1-3H3,(H,27,32)(H,28,33)/t20-/m1/s1. The number of carbonyl (C=O) groups excluding carboxylic acids is 2. The second-order valence-electron chi connectivity index (χ2n) is 8.80. The highest BCUT2D eigenvalue weighted by molar-refractivity contribution is 5.96. The van der Waals surface area contributed by atoms with Gasteiger partial charge in [0.25, 0.3) is 5.91 Å². The molecular formula is C26H36N4O3. The number of aryl methyl sites for hydroxylation is 2. The van der Waals surface area contributed by atoms with Gasteiger partial charge in [0.1, 0.15) is 0 Å². The van der Waals surface area contributed by atoms with E-state index in [2.05, 4.69) is 33.5 Å². The number of hydrogen-bond acceptors (Lipinski definition) is 5. The first kappa shape index (κ1) is 24.7. The van der Waals surface area contributed by atoms with Crippen molar-refractivity contribution >= 4 is 17.5 Å². The minimum absolute atomic E-state index is 0.0593. The molecular weight excluding hydrogens is 416 g/mol. The number of benzene rings is 2. The van der Waals surface area contributed by atoms with Crippen molar-refractivity contribution in [3.63, 3.8) is 0 Å². The van der Waals surface area contributed by atoms with Crippen LogP contribution >= 0.6 is 0 Å². The molecule has 1 heterocycles. The Balaban J connectivity index is 1.63. The summed E-state index contributed by atoms with van der Waals surface area (Å²) in [6.45, 7) is 8.12. The Morgan fingerprint density at radius 3 is 2.58 bits per heavy atom. The molecule has 1 atom stereocenters. The number of aliphatic hydroxyl groups is 1. The van der Waals surface area contributed by atoms with Crippen LogP contribution in [0.1, 0.15) is 46.4 Å². The molecule has 1 saturated heterocycles. The van der Waals surface area contributed by atoms with Gasteiger partial charge in [0, 0.05) is 50.4 Å². The van der Waals surface area contributed by atoms with E-state index in [1.165, 1.54) is 0 Å². The first-order chi connectivity index (χ1) is 15.9. The number of amides is 2. The molecule has 2 aromatic carbocycles. The number of rotatable bonds is 9. The summed E-state index contributed by atoms with van der Waals surface area (Å²) in [6.07, 6.45) is 0.973. The van der Waals surface area contributed by atoms with E-state index < -0.39 is 0 Å². The fourth-order valence-corrected chi connectivity index (χ4v) is 4.03. The largest absolute Gasteiger partial charge is 0.395 e. The van der Waals surface area contributed by atoms with Gasteiger partial charge >= 0.3 is 0 Å². The van der Waals surface area contributed by atoms with E-state index in [-0.39, 0.29) is 31.0 Å². The van der Waals surface area contributed by atoms with Crippen molar-refractivity contribution in [1.29, 1.82) is 0 Å².